The molecule has 19 heavy (non-hydrogen) atoms. The lowest BCUT2D eigenvalue weighted by atomic mass is 10.1. The van der Waals surface area contributed by atoms with E-state index in [1.807, 2.05) is 4.90 Å². The molecular formula is C14H22N2O3. The number of carbonyl (C=O) groups is 1. The molecule has 1 aliphatic rings. The zero-order valence-corrected chi connectivity index (χ0v) is 11.6. The molecular weight excluding hydrogens is 244 g/mol. The number of furan rings is 1. The Morgan fingerprint density at radius 2 is 2.32 bits per heavy atom. The van der Waals surface area contributed by atoms with E-state index in [0.717, 1.165) is 0 Å². The Balaban J connectivity index is 2.09. The van der Waals surface area contributed by atoms with E-state index in [1.165, 1.54) is 12.8 Å². The first-order valence-electron chi connectivity index (χ1n) is 6.76. The van der Waals surface area contributed by atoms with Crippen molar-refractivity contribution in [2.75, 3.05) is 20.3 Å². The molecule has 2 rings (SSSR count). The fourth-order valence-corrected chi connectivity index (χ4v) is 2.26. The van der Waals surface area contributed by atoms with Crippen LogP contribution >= 0.6 is 0 Å². The molecule has 5 heteroatoms. The van der Waals surface area contributed by atoms with Gasteiger partial charge in [0.05, 0.1) is 13.2 Å². The molecule has 0 saturated heterocycles. The molecule has 0 spiro atoms. The van der Waals surface area contributed by atoms with Crippen molar-refractivity contribution in [1.82, 2.24) is 4.90 Å². The number of methoxy groups -OCH3 is 1. The lowest BCUT2D eigenvalue weighted by Gasteiger charge is -2.28. The summed E-state index contributed by atoms with van der Waals surface area (Å²) in [6.07, 6.45) is 2.40. The minimum absolute atomic E-state index is 0.0730. The molecule has 1 aliphatic carbocycles. The number of nitrogens with zero attached hydrogens (tertiary/aromatic N) is 1. The van der Waals surface area contributed by atoms with E-state index >= 15 is 0 Å². The summed E-state index contributed by atoms with van der Waals surface area (Å²) < 4.78 is 10.5. The van der Waals surface area contributed by atoms with Gasteiger partial charge in [0.15, 0.2) is 5.76 Å². The zero-order valence-electron chi connectivity index (χ0n) is 11.6. The van der Waals surface area contributed by atoms with Crippen LogP contribution in [0, 0.1) is 5.92 Å². The highest BCUT2D eigenvalue weighted by Gasteiger charge is 2.35. The molecule has 1 amide bonds. The molecule has 1 saturated carbocycles. The van der Waals surface area contributed by atoms with E-state index in [0.29, 0.717) is 37.1 Å². The summed E-state index contributed by atoms with van der Waals surface area (Å²) in [6, 6.07) is 3.68. The second-order valence-corrected chi connectivity index (χ2v) is 5.04. The predicted octanol–water partition coefficient (Wildman–Crippen LogP) is 1.63. The maximum Gasteiger partial charge on any atom is 0.289 e. The number of hydrogen-bond donors (Lipinski definition) is 1. The average Bonchev–Trinajstić information content (AvgIpc) is 3.16. The molecule has 1 aromatic rings. The van der Waals surface area contributed by atoms with Crippen molar-refractivity contribution in [2.24, 2.45) is 11.7 Å². The fraction of sp³-hybridized carbons (Fsp3) is 0.643. The van der Waals surface area contributed by atoms with Gasteiger partial charge in [-0.25, -0.2) is 0 Å². The largest absolute Gasteiger partial charge is 0.455 e. The second kappa shape index (κ2) is 6.21. The normalized spacial score (nSPS) is 16.4. The average molecular weight is 266 g/mol. The van der Waals surface area contributed by atoms with Crippen molar-refractivity contribution in [1.29, 1.82) is 0 Å². The highest BCUT2D eigenvalue weighted by Crippen LogP contribution is 2.35. The van der Waals surface area contributed by atoms with Gasteiger partial charge in [-0.05, 0) is 37.8 Å². The first-order chi connectivity index (χ1) is 9.17. The molecule has 2 N–H and O–H groups in total. The van der Waals surface area contributed by atoms with Crippen LogP contribution in [-0.2, 0) is 11.3 Å². The summed E-state index contributed by atoms with van der Waals surface area (Å²) in [5.74, 6) is 1.54. The Morgan fingerprint density at radius 3 is 2.84 bits per heavy atom. The number of nitrogens with two attached hydrogens (primary N) is 1. The van der Waals surface area contributed by atoms with Gasteiger partial charge < -0.3 is 19.8 Å². The van der Waals surface area contributed by atoms with E-state index in [2.05, 4.69) is 6.92 Å². The highest BCUT2D eigenvalue weighted by atomic mass is 16.5. The van der Waals surface area contributed by atoms with Crippen molar-refractivity contribution in [3.8, 4) is 0 Å². The smallest absolute Gasteiger partial charge is 0.289 e. The van der Waals surface area contributed by atoms with Crippen LogP contribution in [0.1, 0.15) is 36.1 Å². The van der Waals surface area contributed by atoms with Crippen LogP contribution in [0.3, 0.4) is 0 Å². The highest BCUT2D eigenvalue weighted by molar-refractivity contribution is 5.91. The van der Waals surface area contributed by atoms with E-state index in [4.69, 9.17) is 14.9 Å². The third-order valence-electron chi connectivity index (χ3n) is 3.67. The Bertz CT molecular complexity index is 426. The van der Waals surface area contributed by atoms with Gasteiger partial charge in [0.25, 0.3) is 5.91 Å². The summed E-state index contributed by atoms with van der Waals surface area (Å²) in [7, 11) is 1.64. The molecule has 1 heterocycles. The molecule has 0 bridgehead atoms. The lowest BCUT2D eigenvalue weighted by Crippen LogP contribution is -2.41. The number of carbonyl (C=O) groups excluding carboxylic acids is 1. The van der Waals surface area contributed by atoms with Crippen molar-refractivity contribution >= 4 is 5.91 Å². The van der Waals surface area contributed by atoms with Gasteiger partial charge in [0, 0.05) is 19.7 Å². The van der Waals surface area contributed by atoms with E-state index in [1.54, 1.807) is 19.2 Å². The number of hydrogen-bond acceptors (Lipinski definition) is 4. The SMILES string of the molecule is COCCN(C(=O)c1ccc(CN)o1)C(C)C1CC1. The van der Waals surface area contributed by atoms with E-state index in [-0.39, 0.29) is 11.9 Å². The molecule has 1 unspecified atom stereocenters. The maximum absolute atomic E-state index is 12.5. The van der Waals surface area contributed by atoms with Crippen LogP contribution < -0.4 is 5.73 Å². The van der Waals surface area contributed by atoms with Crippen LogP contribution in [0.5, 0.6) is 0 Å². The minimum atomic E-state index is -0.0730. The molecule has 0 aliphatic heterocycles. The maximum atomic E-state index is 12.5. The van der Waals surface area contributed by atoms with Gasteiger partial charge in [-0.2, -0.15) is 0 Å². The lowest BCUT2D eigenvalue weighted by molar-refractivity contribution is 0.0562. The fourth-order valence-electron chi connectivity index (χ4n) is 2.26. The summed E-state index contributed by atoms with van der Waals surface area (Å²) in [5, 5.41) is 0. The monoisotopic (exact) mass is 266 g/mol. The van der Waals surface area contributed by atoms with Crippen LogP contribution in [0.25, 0.3) is 0 Å². The molecule has 1 aromatic heterocycles. The Labute approximate surface area is 113 Å². The Kier molecular flexibility index (Phi) is 4.61. The quantitative estimate of drug-likeness (QED) is 0.814. The second-order valence-electron chi connectivity index (χ2n) is 5.04. The van der Waals surface area contributed by atoms with Gasteiger partial charge in [-0.3, -0.25) is 4.79 Å². The molecule has 0 aromatic carbocycles. The van der Waals surface area contributed by atoms with Crippen molar-refractivity contribution in [3.63, 3.8) is 0 Å². The van der Waals surface area contributed by atoms with Gasteiger partial charge >= 0.3 is 0 Å². The molecule has 1 fully saturated rings. The standard InChI is InChI=1S/C14H22N2O3/c1-10(11-3-4-11)16(7-8-18-2)14(17)13-6-5-12(9-15)19-13/h5-6,10-11H,3-4,7-9,15H2,1-2H3. The first kappa shape index (κ1) is 14.1. The molecule has 0 radical (unpaired) electrons. The number of amides is 1. The van der Waals surface area contributed by atoms with E-state index in [9.17, 15) is 4.79 Å². The van der Waals surface area contributed by atoms with E-state index < -0.39 is 0 Å². The summed E-state index contributed by atoms with van der Waals surface area (Å²) in [4.78, 5) is 14.3. The summed E-state index contributed by atoms with van der Waals surface area (Å²) in [6.45, 7) is 3.53. The van der Waals surface area contributed by atoms with Gasteiger partial charge in [0.1, 0.15) is 5.76 Å². The Morgan fingerprint density at radius 1 is 1.58 bits per heavy atom. The Hall–Kier alpha value is -1.33. The van der Waals surface area contributed by atoms with Crippen molar-refractivity contribution in [3.05, 3.63) is 23.7 Å². The number of rotatable bonds is 7. The van der Waals surface area contributed by atoms with Crippen LogP contribution in [0.2, 0.25) is 0 Å². The number of ether oxygens (including phenoxy) is 1. The third-order valence-corrected chi connectivity index (χ3v) is 3.67. The zero-order chi connectivity index (χ0) is 13.8. The van der Waals surface area contributed by atoms with Crippen LogP contribution in [-0.4, -0.2) is 37.1 Å². The van der Waals surface area contributed by atoms with Crippen molar-refractivity contribution < 1.29 is 13.9 Å². The van der Waals surface area contributed by atoms with Gasteiger partial charge in [0.2, 0.25) is 0 Å². The van der Waals surface area contributed by atoms with Gasteiger partial charge in [-0.15, -0.1) is 0 Å². The topological polar surface area (TPSA) is 68.7 Å². The van der Waals surface area contributed by atoms with Crippen LogP contribution in [0.4, 0.5) is 0 Å². The molecule has 5 nitrogen and oxygen atoms in total. The first-order valence-corrected chi connectivity index (χ1v) is 6.76. The molecule has 1 atom stereocenters. The minimum Gasteiger partial charge on any atom is -0.455 e. The van der Waals surface area contributed by atoms with Crippen molar-refractivity contribution in [2.45, 2.75) is 32.4 Å². The van der Waals surface area contributed by atoms with Gasteiger partial charge in [-0.1, -0.05) is 0 Å². The third kappa shape index (κ3) is 3.36. The predicted molar refractivity (Wildman–Crippen MR) is 71.7 cm³/mol. The summed E-state index contributed by atoms with van der Waals surface area (Å²) in [5.41, 5.74) is 5.50. The summed E-state index contributed by atoms with van der Waals surface area (Å²) >= 11 is 0. The molecule has 106 valence electrons. The van der Waals surface area contributed by atoms with Crippen LogP contribution in [0.15, 0.2) is 16.5 Å².